The van der Waals surface area contributed by atoms with Crippen molar-refractivity contribution in [3.8, 4) is 0 Å². The van der Waals surface area contributed by atoms with Crippen LogP contribution < -0.4 is 0 Å². The van der Waals surface area contributed by atoms with Gasteiger partial charge in [-0.25, -0.2) is 0 Å². The van der Waals surface area contributed by atoms with Gasteiger partial charge >= 0.3 is 5.97 Å². The fraction of sp³-hybridized carbons (Fsp3) is 0.857. The number of hydrogen-bond acceptors (Lipinski definition) is 4. The zero-order chi connectivity index (χ0) is 14.0. The molecular formula is C14H24O4. The number of esters is 1. The standard InChI is InChI=1S/C14H24O4/c1-10(15)14(5)8-6-7-13(3,4)18-12(14)9-17-11(2)16/h12H,6-9H2,1-5H3/t12-,14-/m0/s1. The first-order valence-electron chi connectivity index (χ1n) is 6.49. The van der Waals surface area contributed by atoms with Gasteiger partial charge in [-0.05, 0) is 40.0 Å². The van der Waals surface area contributed by atoms with Gasteiger partial charge in [-0.2, -0.15) is 0 Å². The third kappa shape index (κ3) is 3.55. The molecule has 0 N–H and O–H groups in total. The summed E-state index contributed by atoms with van der Waals surface area (Å²) in [4.78, 5) is 22.9. The molecule has 1 fully saturated rings. The quantitative estimate of drug-likeness (QED) is 0.728. The Kier molecular flexibility index (Phi) is 4.54. The molecule has 0 aromatic rings. The van der Waals surface area contributed by atoms with E-state index in [0.29, 0.717) is 0 Å². The molecule has 1 rings (SSSR count). The molecule has 1 heterocycles. The van der Waals surface area contributed by atoms with Crippen LogP contribution in [-0.2, 0) is 19.1 Å². The van der Waals surface area contributed by atoms with Crippen LogP contribution in [0.2, 0.25) is 0 Å². The van der Waals surface area contributed by atoms with E-state index in [4.69, 9.17) is 9.47 Å². The van der Waals surface area contributed by atoms with E-state index in [0.717, 1.165) is 19.3 Å². The van der Waals surface area contributed by atoms with Gasteiger partial charge in [-0.3, -0.25) is 9.59 Å². The molecule has 0 bridgehead atoms. The number of hydrogen-bond donors (Lipinski definition) is 0. The van der Waals surface area contributed by atoms with E-state index >= 15 is 0 Å². The van der Waals surface area contributed by atoms with E-state index < -0.39 is 5.41 Å². The van der Waals surface area contributed by atoms with Gasteiger partial charge in [-0.15, -0.1) is 0 Å². The van der Waals surface area contributed by atoms with Crippen molar-refractivity contribution in [2.45, 2.75) is 65.6 Å². The lowest BCUT2D eigenvalue weighted by Gasteiger charge is -2.36. The molecule has 18 heavy (non-hydrogen) atoms. The Bertz CT molecular complexity index is 335. The molecule has 0 spiro atoms. The minimum Gasteiger partial charge on any atom is -0.463 e. The summed E-state index contributed by atoms with van der Waals surface area (Å²) in [5, 5.41) is 0. The molecule has 0 amide bonds. The maximum absolute atomic E-state index is 11.9. The highest BCUT2D eigenvalue weighted by Gasteiger charge is 2.44. The lowest BCUT2D eigenvalue weighted by molar-refractivity contribution is -0.167. The zero-order valence-corrected chi connectivity index (χ0v) is 12.0. The fourth-order valence-electron chi connectivity index (χ4n) is 2.43. The van der Waals surface area contributed by atoms with E-state index in [2.05, 4.69) is 0 Å². The molecule has 1 saturated heterocycles. The maximum atomic E-state index is 11.9. The van der Waals surface area contributed by atoms with Gasteiger partial charge in [0.1, 0.15) is 18.5 Å². The summed E-state index contributed by atoms with van der Waals surface area (Å²) in [7, 11) is 0. The summed E-state index contributed by atoms with van der Waals surface area (Å²) < 4.78 is 11.1. The molecule has 4 nitrogen and oxygen atoms in total. The average molecular weight is 256 g/mol. The van der Waals surface area contributed by atoms with E-state index in [9.17, 15) is 9.59 Å². The topological polar surface area (TPSA) is 52.6 Å². The molecule has 0 radical (unpaired) electrons. The molecule has 2 atom stereocenters. The van der Waals surface area contributed by atoms with Crippen molar-refractivity contribution in [3.63, 3.8) is 0 Å². The first-order valence-corrected chi connectivity index (χ1v) is 6.49. The molecule has 0 unspecified atom stereocenters. The number of carbonyl (C=O) groups excluding carboxylic acids is 2. The molecule has 0 aromatic carbocycles. The number of ether oxygens (including phenoxy) is 2. The van der Waals surface area contributed by atoms with Gasteiger partial charge in [0.15, 0.2) is 0 Å². The first-order chi connectivity index (χ1) is 8.17. The smallest absolute Gasteiger partial charge is 0.302 e. The largest absolute Gasteiger partial charge is 0.463 e. The predicted octanol–water partition coefficient (Wildman–Crippen LogP) is 2.49. The van der Waals surface area contributed by atoms with Crippen molar-refractivity contribution in [1.29, 1.82) is 0 Å². The predicted molar refractivity (Wildman–Crippen MR) is 68.2 cm³/mol. The van der Waals surface area contributed by atoms with Crippen LogP contribution in [0.3, 0.4) is 0 Å². The van der Waals surface area contributed by atoms with E-state index in [1.807, 2.05) is 20.8 Å². The normalized spacial score (nSPS) is 31.5. The van der Waals surface area contributed by atoms with Crippen molar-refractivity contribution in [3.05, 3.63) is 0 Å². The number of Topliss-reactive ketones (excluding diaryl/α,β-unsaturated/α-hetero) is 1. The third-order valence-electron chi connectivity index (χ3n) is 3.89. The van der Waals surface area contributed by atoms with Gasteiger partial charge in [0.2, 0.25) is 0 Å². The summed E-state index contributed by atoms with van der Waals surface area (Å²) >= 11 is 0. The van der Waals surface area contributed by atoms with Crippen LogP contribution >= 0.6 is 0 Å². The summed E-state index contributed by atoms with van der Waals surface area (Å²) in [5.74, 6) is -0.246. The van der Waals surface area contributed by atoms with Crippen molar-refractivity contribution in [1.82, 2.24) is 0 Å². The van der Waals surface area contributed by atoms with E-state index in [1.165, 1.54) is 6.92 Å². The van der Waals surface area contributed by atoms with Crippen molar-refractivity contribution >= 4 is 11.8 Å². The number of rotatable bonds is 3. The van der Waals surface area contributed by atoms with Gasteiger partial charge in [0.25, 0.3) is 0 Å². The SMILES string of the molecule is CC(=O)OC[C@@H]1OC(C)(C)CCC[C@@]1(C)C(C)=O. The summed E-state index contributed by atoms with van der Waals surface area (Å²) in [6.45, 7) is 9.04. The Morgan fingerprint density at radius 3 is 2.33 bits per heavy atom. The van der Waals surface area contributed by atoms with Crippen LogP contribution in [0, 0.1) is 5.41 Å². The van der Waals surface area contributed by atoms with Crippen molar-refractivity contribution in [2.75, 3.05) is 6.61 Å². The number of carbonyl (C=O) groups is 2. The second-order valence-electron chi connectivity index (χ2n) is 6.00. The van der Waals surface area contributed by atoms with Crippen molar-refractivity contribution < 1.29 is 19.1 Å². The molecule has 1 aliphatic heterocycles. The average Bonchev–Trinajstić information content (AvgIpc) is 2.33. The monoisotopic (exact) mass is 256 g/mol. The Morgan fingerprint density at radius 1 is 1.22 bits per heavy atom. The lowest BCUT2D eigenvalue weighted by Crippen LogP contribution is -2.45. The third-order valence-corrected chi connectivity index (χ3v) is 3.89. The highest BCUT2D eigenvalue weighted by Crippen LogP contribution is 2.39. The van der Waals surface area contributed by atoms with Gasteiger partial charge in [-0.1, -0.05) is 6.92 Å². The molecular weight excluding hydrogens is 232 g/mol. The molecule has 1 aliphatic rings. The van der Waals surface area contributed by atoms with Crippen LogP contribution in [0.5, 0.6) is 0 Å². The van der Waals surface area contributed by atoms with Crippen LogP contribution in [0.15, 0.2) is 0 Å². The highest BCUT2D eigenvalue weighted by molar-refractivity contribution is 5.82. The van der Waals surface area contributed by atoms with Crippen LogP contribution in [0.1, 0.15) is 53.9 Å². The van der Waals surface area contributed by atoms with Gasteiger partial charge < -0.3 is 9.47 Å². The lowest BCUT2D eigenvalue weighted by atomic mass is 9.77. The Balaban J connectivity index is 2.92. The minimum atomic E-state index is -0.566. The first kappa shape index (κ1) is 15.2. The second kappa shape index (κ2) is 5.39. The Hall–Kier alpha value is -0.900. The molecule has 0 saturated carbocycles. The molecule has 0 aromatic heterocycles. The van der Waals surface area contributed by atoms with E-state index in [-0.39, 0.29) is 30.1 Å². The van der Waals surface area contributed by atoms with E-state index in [1.54, 1.807) is 6.92 Å². The maximum Gasteiger partial charge on any atom is 0.302 e. The molecule has 104 valence electrons. The second-order valence-corrected chi connectivity index (χ2v) is 6.00. The Labute approximate surface area is 109 Å². The highest BCUT2D eigenvalue weighted by atomic mass is 16.6. The molecule has 0 aliphatic carbocycles. The van der Waals surface area contributed by atoms with Crippen LogP contribution in [-0.4, -0.2) is 30.1 Å². The van der Waals surface area contributed by atoms with Crippen molar-refractivity contribution in [2.24, 2.45) is 5.41 Å². The fourth-order valence-corrected chi connectivity index (χ4v) is 2.43. The van der Waals surface area contributed by atoms with Gasteiger partial charge in [0.05, 0.1) is 11.0 Å². The van der Waals surface area contributed by atoms with Gasteiger partial charge in [0, 0.05) is 6.92 Å². The summed E-state index contributed by atoms with van der Waals surface area (Å²) in [5.41, 5.74) is -0.846. The minimum absolute atomic E-state index is 0.0948. The Morgan fingerprint density at radius 2 is 1.83 bits per heavy atom. The number of ketones is 1. The summed E-state index contributed by atoms with van der Waals surface area (Å²) in [6.07, 6.45) is 2.26. The van der Waals surface area contributed by atoms with Crippen LogP contribution in [0.25, 0.3) is 0 Å². The zero-order valence-electron chi connectivity index (χ0n) is 12.0. The van der Waals surface area contributed by atoms with Crippen LogP contribution in [0.4, 0.5) is 0 Å². The summed E-state index contributed by atoms with van der Waals surface area (Å²) in [6, 6.07) is 0. The molecule has 4 heteroatoms.